The normalized spacial score (nSPS) is 11.1. The van der Waals surface area contributed by atoms with E-state index in [4.69, 9.17) is 46.4 Å². The maximum atomic E-state index is 6.24. The summed E-state index contributed by atoms with van der Waals surface area (Å²) in [4.78, 5) is 4.32. The molecule has 0 amide bonds. The molecule has 4 rings (SSSR count). The summed E-state index contributed by atoms with van der Waals surface area (Å²) in [5, 5.41) is 0. The Bertz CT molecular complexity index is 925. The molecule has 132 valence electrons. The standard InChI is InChI=1S/C18H8Cl4S4/c19-13-5-1-9(23-13)17(10-2-6-14(20)24-10)18(11-3-7-15(21)25-11)12-4-8-16(22)26-12/h1-8H. The van der Waals surface area contributed by atoms with E-state index >= 15 is 0 Å². The molecule has 0 atom stereocenters. The zero-order chi connectivity index (χ0) is 18.3. The van der Waals surface area contributed by atoms with Crippen LogP contribution in [0.5, 0.6) is 0 Å². The topological polar surface area (TPSA) is 0 Å². The molecular formula is C18H8Cl4S4. The molecule has 0 N–H and O–H groups in total. The Kier molecular flexibility index (Phi) is 5.84. The summed E-state index contributed by atoms with van der Waals surface area (Å²) in [5.41, 5.74) is 2.19. The van der Waals surface area contributed by atoms with E-state index in [1.165, 1.54) is 0 Å². The lowest BCUT2D eigenvalue weighted by molar-refractivity contribution is 1.73. The number of thiophene rings is 4. The van der Waals surface area contributed by atoms with Gasteiger partial charge in [0.05, 0.1) is 17.3 Å². The quantitative estimate of drug-likeness (QED) is 0.265. The van der Waals surface area contributed by atoms with E-state index in [9.17, 15) is 0 Å². The summed E-state index contributed by atoms with van der Waals surface area (Å²) >= 11 is 31.1. The molecule has 8 heteroatoms. The second-order valence-corrected chi connectivity index (χ2v) is 12.0. The molecular weight excluding hydrogens is 486 g/mol. The fourth-order valence-electron chi connectivity index (χ4n) is 2.53. The summed E-state index contributed by atoms with van der Waals surface area (Å²) < 4.78 is 2.97. The Morgan fingerprint density at radius 2 is 0.654 bits per heavy atom. The first kappa shape index (κ1) is 19.0. The van der Waals surface area contributed by atoms with Crippen molar-refractivity contribution in [1.82, 2.24) is 0 Å². The van der Waals surface area contributed by atoms with Gasteiger partial charge in [-0.15, -0.1) is 45.3 Å². The van der Waals surface area contributed by atoms with Crippen LogP contribution in [0.15, 0.2) is 48.5 Å². The van der Waals surface area contributed by atoms with Crippen LogP contribution in [0.3, 0.4) is 0 Å². The molecule has 4 aromatic heterocycles. The Hall–Kier alpha value is -0.300. The van der Waals surface area contributed by atoms with E-state index in [2.05, 4.69) is 0 Å². The lowest BCUT2D eigenvalue weighted by Gasteiger charge is -2.11. The first-order chi connectivity index (χ1) is 12.5. The van der Waals surface area contributed by atoms with Gasteiger partial charge in [0.25, 0.3) is 0 Å². The zero-order valence-corrected chi connectivity index (χ0v) is 19.1. The Morgan fingerprint density at radius 3 is 0.808 bits per heavy atom. The molecule has 4 aromatic rings. The van der Waals surface area contributed by atoms with Crippen molar-refractivity contribution in [2.75, 3.05) is 0 Å². The smallest absolute Gasteiger partial charge is 0.0934 e. The molecule has 0 fully saturated rings. The number of hydrogen-bond acceptors (Lipinski definition) is 4. The first-order valence-corrected chi connectivity index (χ1v) is 12.1. The van der Waals surface area contributed by atoms with Crippen molar-refractivity contribution in [3.05, 3.63) is 85.4 Å². The molecule has 4 heterocycles. The van der Waals surface area contributed by atoms with Crippen molar-refractivity contribution in [1.29, 1.82) is 0 Å². The van der Waals surface area contributed by atoms with Gasteiger partial charge in [-0.25, -0.2) is 0 Å². The van der Waals surface area contributed by atoms with Gasteiger partial charge in [0.15, 0.2) is 0 Å². The van der Waals surface area contributed by atoms with Gasteiger partial charge >= 0.3 is 0 Å². The molecule has 0 aliphatic heterocycles. The molecule has 26 heavy (non-hydrogen) atoms. The highest BCUT2D eigenvalue weighted by molar-refractivity contribution is 7.21. The van der Waals surface area contributed by atoms with Gasteiger partial charge in [-0.2, -0.15) is 0 Å². The van der Waals surface area contributed by atoms with Crippen LogP contribution in [0.4, 0.5) is 0 Å². The summed E-state index contributed by atoms with van der Waals surface area (Å²) in [5.74, 6) is 0. The van der Waals surface area contributed by atoms with Gasteiger partial charge in [-0.3, -0.25) is 0 Å². The minimum absolute atomic E-state index is 0.743. The highest BCUT2D eigenvalue weighted by atomic mass is 35.5. The van der Waals surface area contributed by atoms with Crippen LogP contribution in [0.25, 0.3) is 11.1 Å². The van der Waals surface area contributed by atoms with Crippen LogP contribution in [0.1, 0.15) is 19.5 Å². The molecule has 0 saturated heterocycles. The third-order valence-corrected chi connectivity index (χ3v) is 8.52. The predicted octanol–water partition coefficient (Wildman–Crippen LogP) is 9.55. The maximum absolute atomic E-state index is 6.24. The SMILES string of the molecule is Clc1ccc(C(=C(c2ccc(Cl)s2)c2ccc(Cl)s2)c2ccc(Cl)s2)s1. The van der Waals surface area contributed by atoms with Crippen LogP contribution in [-0.2, 0) is 0 Å². The van der Waals surface area contributed by atoms with E-state index < -0.39 is 0 Å². The Labute approximate surface area is 186 Å². The van der Waals surface area contributed by atoms with Gasteiger partial charge in [0.1, 0.15) is 0 Å². The fourth-order valence-corrected chi connectivity index (χ4v) is 7.09. The van der Waals surface area contributed by atoms with Crippen LogP contribution in [-0.4, -0.2) is 0 Å². The van der Waals surface area contributed by atoms with E-state index in [-0.39, 0.29) is 0 Å². The van der Waals surface area contributed by atoms with Gasteiger partial charge < -0.3 is 0 Å². The monoisotopic (exact) mass is 492 g/mol. The molecule has 0 spiro atoms. The van der Waals surface area contributed by atoms with Crippen LogP contribution >= 0.6 is 91.8 Å². The van der Waals surface area contributed by atoms with Crippen molar-refractivity contribution < 1.29 is 0 Å². The van der Waals surface area contributed by atoms with E-state index in [0.717, 1.165) is 48.0 Å². The van der Waals surface area contributed by atoms with Crippen LogP contribution in [0, 0.1) is 0 Å². The average molecular weight is 494 g/mol. The highest BCUT2D eigenvalue weighted by Crippen LogP contribution is 2.46. The van der Waals surface area contributed by atoms with Gasteiger partial charge in [-0.1, -0.05) is 46.4 Å². The van der Waals surface area contributed by atoms with Crippen molar-refractivity contribution in [3.63, 3.8) is 0 Å². The summed E-state index contributed by atoms with van der Waals surface area (Å²) in [6.07, 6.45) is 0. The van der Waals surface area contributed by atoms with Gasteiger partial charge in [0.2, 0.25) is 0 Å². The predicted molar refractivity (Wildman–Crippen MR) is 122 cm³/mol. The summed E-state index contributed by atoms with van der Waals surface area (Å²) in [6.45, 7) is 0. The molecule has 0 radical (unpaired) electrons. The summed E-state index contributed by atoms with van der Waals surface area (Å²) in [7, 11) is 0. The molecule has 0 aromatic carbocycles. The molecule has 0 nitrogen and oxygen atoms in total. The van der Waals surface area contributed by atoms with E-state index in [1.54, 1.807) is 45.3 Å². The third-order valence-electron chi connectivity index (χ3n) is 3.53. The fraction of sp³-hybridized carbons (Fsp3) is 0. The molecule has 0 aliphatic carbocycles. The second-order valence-electron chi connectivity index (χ2n) is 5.17. The molecule has 0 saturated carbocycles. The van der Waals surface area contributed by atoms with Crippen molar-refractivity contribution >= 4 is 103 Å². The number of hydrogen-bond donors (Lipinski definition) is 0. The Morgan fingerprint density at radius 1 is 0.423 bits per heavy atom. The minimum Gasteiger partial charge on any atom is -0.123 e. The molecule has 0 unspecified atom stereocenters. The molecule has 0 bridgehead atoms. The van der Waals surface area contributed by atoms with Gasteiger partial charge in [0, 0.05) is 30.7 Å². The third kappa shape index (κ3) is 3.94. The Balaban J connectivity index is 2.07. The van der Waals surface area contributed by atoms with E-state index in [0.29, 0.717) is 0 Å². The van der Waals surface area contributed by atoms with Crippen molar-refractivity contribution in [2.24, 2.45) is 0 Å². The van der Waals surface area contributed by atoms with Crippen molar-refractivity contribution in [2.45, 2.75) is 0 Å². The lowest BCUT2D eigenvalue weighted by Crippen LogP contribution is -1.90. The van der Waals surface area contributed by atoms with Crippen molar-refractivity contribution in [3.8, 4) is 0 Å². The lowest BCUT2D eigenvalue weighted by atomic mass is 10.0. The largest absolute Gasteiger partial charge is 0.123 e. The first-order valence-electron chi connectivity index (χ1n) is 7.28. The molecule has 0 aliphatic rings. The zero-order valence-electron chi connectivity index (χ0n) is 12.8. The average Bonchev–Trinajstić information content (AvgIpc) is 3.36. The highest BCUT2D eigenvalue weighted by Gasteiger charge is 2.21. The van der Waals surface area contributed by atoms with E-state index in [1.807, 2.05) is 48.5 Å². The maximum Gasteiger partial charge on any atom is 0.0934 e. The second kappa shape index (κ2) is 7.98. The van der Waals surface area contributed by atoms with Crippen LogP contribution < -0.4 is 0 Å². The van der Waals surface area contributed by atoms with Crippen LogP contribution in [0.2, 0.25) is 17.3 Å². The minimum atomic E-state index is 0.743. The number of halogens is 4. The van der Waals surface area contributed by atoms with Gasteiger partial charge in [-0.05, 0) is 48.5 Å². The summed E-state index contributed by atoms with van der Waals surface area (Å²) in [6, 6.07) is 15.8. The number of rotatable bonds is 4.